The molecule has 1 heterocycles. The molecule has 1 aliphatic rings. The van der Waals surface area contributed by atoms with Crippen molar-refractivity contribution in [1.82, 2.24) is 5.32 Å². The van der Waals surface area contributed by atoms with Crippen LogP contribution in [0.15, 0.2) is 36.4 Å². The van der Waals surface area contributed by atoms with Crippen molar-refractivity contribution in [2.75, 3.05) is 24.5 Å². The molecule has 0 saturated heterocycles. The Bertz CT molecular complexity index is 961. The van der Waals surface area contributed by atoms with Crippen molar-refractivity contribution in [2.45, 2.75) is 13.8 Å². The number of thiocarbonyl (C=S) groups is 1. The van der Waals surface area contributed by atoms with Gasteiger partial charge in [0.2, 0.25) is 12.7 Å². The quantitative estimate of drug-likeness (QED) is 0.646. The molecule has 9 heteroatoms. The van der Waals surface area contributed by atoms with E-state index in [0.29, 0.717) is 34.2 Å². The average molecular weight is 415 g/mol. The number of nitrogens with one attached hydrogen (secondary N) is 3. The second-order valence-electron chi connectivity index (χ2n) is 6.54. The number of fused-ring (bicyclic) bond motifs is 1. The zero-order valence-electron chi connectivity index (χ0n) is 16.2. The molecule has 0 radical (unpaired) electrons. The molecule has 29 heavy (non-hydrogen) atoms. The second-order valence-corrected chi connectivity index (χ2v) is 6.94. The smallest absolute Gasteiger partial charge is 0.257 e. The van der Waals surface area contributed by atoms with Crippen LogP contribution in [-0.4, -0.2) is 30.8 Å². The Hall–Kier alpha value is -3.33. The predicted octanol–water partition coefficient (Wildman–Crippen LogP) is 3.15. The van der Waals surface area contributed by atoms with Crippen LogP contribution < -0.4 is 30.2 Å². The summed E-state index contributed by atoms with van der Waals surface area (Å²) in [6, 6.07) is 9.98. The SMILES string of the molecule is COc1cc(NC(=S)NC(=O)c2ccc3c(c2)OCO3)ccc1NC(=O)C(C)C. The third kappa shape index (κ3) is 4.94. The van der Waals surface area contributed by atoms with Gasteiger partial charge >= 0.3 is 0 Å². The van der Waals surface area contributed by atoms with Gasteiger partial charge in [-0.1, -0.05) is 13.8 Å². The first-order valence-electron chi connectivity index (χ1n) is 8.88. The topological polar surface area (TPSA) is 97.9 Å². The minimum atomic E-state index is -0.381. The highest BCUT2D eigenvalue weighted by atomic mass is 32.1. The summed E-state index contributed by atoms with van der Waals surface area (Å²) in [6.07, 6.45) is 0. The molecular weight excluding hydrogens is 394 g/mol. The molecule has 1 aliphatic heterocycles. The van der Waals surface area contributed by atoms with Gasteiger partial charge < -0.3 is 24.8 Å². The van der Waals surface area contributed by atoms with Gasteiger partial charge in [0.15, 0.2) is 16.6 Å². The van der Waals surface area contributed by atoms with Crippen LogP contribution in [0.25, 0.3) is 0 Å². The predicted molar refractivity (Wildman–Crippen MR) is 113 cm³/mol. The Morgan fingerprint density at radius 3 is 2.55 bits per heavy atom. The fourth-order valence-electron chi connectivity index (χ4n) is 2.52. The fourth-order valence-corrected chi connectivity index (χ4v) is 2.74. The van der Waals surface area contributed by atoms with Gasteiger partial charge in [-0.3, -0.25) is 14.9 Å². The zero-order chi connectivity index (χ0) is 21.0. The zero-order valence-corrected chi connectivity index (χ0v) is 17.0. The van der Waals surface area contributed by atoms with E-state index in [1.165, 1.54) is 7.11 Å². The van der Waals surface area contributed by atoms with E-state index in [2.05, 4.69) is 16.0 Å². The number of benzene rings is 2. The van der Waals surface area contributed by atoms with Gasteiger partial charge in [-0.25, -0.2) is 0 Å². The highest BCUT2D eigenvalue weighted by molar-refractivity contribution is 7.80. The lowest BCUT2D eigenvalue weighted by Crippen LogP contribution is -2.34. The Kier molecular flexibility index (Phi) is 6.18. The Morgan fingerprint density at radius 2 is 1.83 bits per heavy atom. The van der Waals surface area contributed by atoms with Gasteiger partial charge in [0.1, 0.15) is 5.75 Å². The number of ether oxygens (including phenoxy) is 3. The molecule has 2 amide bonds. The van der Waals surface area contributed by atoms with Crippen LogP contribution in [-0.2, 0) is 4.79 Å². The molecule has 0 atom stereocenters. The minimum Gasteiger partial charge on any atom is -0.494 e. The molecule has 0 aromatic heterocycles. The van der Waals surface area contributed by atoms with E-state index in [4.69, 9.17) is 26.4 Å². The maximum atomic E-state index is 12.4. The van der Waals surface area contributed by atoms with E-state index in [9.17, 15) is 9.59 Å². The summed E-state index contributed by atoms with van der Waals surface area (Å²) >= 11 is 5.22. The van der Waals surface area contributed by atoms with Crippen molar-refractivity contribution in [3.63, 3.8) is 0 Å². The number of anilines is 2. The van der Waals surface area contributed by atoms with Crippen molar-refractivity contribution < 1.29 is 23.8 Å². The molecule has 8 nitrogen and oxygen atoms in total. The molecule has 152 valence electrons. The maximum absolute atomic E-state index is 12.4. The number of methoxy groups -OCH3 is 1. The average Bonchev–Trinajstić information content (AvgIpc) is 3.16. The van der Waals surface area contributed by atoms with E-state index in [-0.39, 0.29) is 29.6 Å². The van der Waals surface area contributed by atoms with E-state index < -0.39 is 0 Å². The van der Waals surface area contributed by atoms with Crippen LogP contribution in [0, 0.1) is 5.92 Å². The molecule has 0 unspecified atom stereocenters. The lowest BCUT2D eigenvalue weighted by atomic mass is 10.2. The standard InChI is InChI=1S/C20H21N3O5S/c1-11(2)18(24)22-14-6-5-13(9-16(14)26-3)21-20(29)23-19(25)12-4-7-15-17(8-12)28-10-27-15/h4-9,11H,10H2,1-3H3,(H,22,24)(H2,21,23,25,29). The molecular formula is C20H21N3O5S. The van der Waals surface area contributed by atoms with E-state index in [1.807, 2.05) is 0 Å². The van der Waals surface area contributed by atoms with Crippen LogP contribution in [0.3, 0.4) is 0 Å². The molecule has 0 saturated carbocycles. The van der Waals surface area contributed by atoms with Crippen LogP contribution in [0.4, 0.5) is 11.4 Å². The lowest BCUT2D eigenvalue weighted by Gasteiger charge is -2.15. The molecule has 0 bridgehead atoms. The molecule has 0 spiro atoms. The number of rotatable bonds is 5. The molecule has 3 N–H and O–H groups in total. The summed E-state index contributed by atoms with van der Waals surface area (Å²) < 4.78 is 15.8. The van der Waals surface area contributed by atoms with E-state index >= 15 is 0 Å². The Labute approximate surface area is 173 Å². The third-order valence-corrected chi connectivity index (χ3v) is 4.31. The summed E-state index contributed by atoms with van der Waals surface area (Å²) in [7, 11) is 1.50. The largest absolute Gasteiger partial charge is 0.494 e. The van der Waals surface area contributed by atoms with Gasteiger partial charge in [-0.05, 0) is 42.5 Å². The summed E-state index contributed by atoms with van der Waals surface area (Å²) in [5.41, 5.74) is 1.54. The van der Waals surface area contributed by atoms with E-state index in [1.54, 1.807) is 50.2 Å². The normalized spacial score (nSPS) is 11.7. The van der Waals surface area contributed by atoms with Crippen LogP contribution in [0.1, 0.15) is 24.2 Å². The first kappa shape index (κ1) is 20.4. The lowest BCUT2D eigenvalue weighted by molar-refractivity contribution is -0.118. The number of amides is 2. The van der Waals surface area contributed by atoms with Crippen molar-refractivity contribution in [1.29, 1.82) is 0 Å². The number of carbonyl (C=O) groups excluding carboxylic acids is 2. The monoisotopic (exact) mass is 415 g/mol. The van der Waals surface area contributed by atoms with Crippen molar-refractivity contribution in [3.8, 4) is 17.2 Å². The number of carbonyl (C=O) groups is 2. The second kappa shape index (κ2) is 8.78. The van der Waals surface area contributed by atoms with Crippen molar-refractivity contribution in [3.05, 3.63) is 42.0 Å². The highest BCUT2D eigenvalue weighted by Gasteiger charge is 2.17. The van der Waals surface area contributed by atoms with Crippen molar-refractivity contribution >= 4 is 40.5 Å². The summed E-state index contributed by atoms with van der Waals surface area (Å²) in [5, 5.41) is 8.45. The van der Waals surface area contributed by atoms with Crippen LogP contribution >= 0.6 is 12.2 Å². The first-order chi connectivity index (χ1) is 13.9. The van der Waals surface area contributed by atoms with Gasteiger partial charge in [-0.2, -0.15) is 0 Å². The number of hydrogen-bond donors (Lipinski definition) is 3. The van der Waals surface area contributed by atoms with Gasteiger partial charge in [-0.15, -0.1) is 0 Å². The van der Waals surface area contributed by atoms with Gasteiger partial charge in [0, 0.05) is 23.2 Å². The number of hydrogen-bond acceptors (Lipinski definition) is 6. The van der Waals surface area contributed by atoms with Gasteiger partial charge in [0.25, 0.3) is 5.91 Å². The van der Waals surface area contributed by atoms with E-state index in [0.717, 1.165) is 0 Å². The Balaban J connectivity index is 1.64. The fraction of sp³-hybridized carbons (Fsp3) is 0.250. The molecule has 0 fully saturated rings. The third-order valence-electron chi connectivity index (χ3n) is 4.10. The molecule has 2 aromatic rings. The van der Waals surface area contributed by atoms with Crippen LogP contribution in [0.5, 0.6) is 17.2 Å². The molecule has 2 aromatic carbocycles. The highest BCUT2D eigenvalue weighted by Crippen LogP contribution is 2.32. The van der Waals surface area contributed by atoms with Crippen molar-refractivity contribution in [2.24, 2.45) is 5.92 Å². The minimum absolute atomic E-state index is 0.115. The molecule has 0 aliphatic carbocycles. The van der Waals surface area contributed by atoms with Crippen LogP contribution in [0.2, 0.25) is 0 Å². The summed E-state index contributed by atoms with van der Waals surface area (Å²) in [4.78, 5) is 24.3. The van der Waals surface area contributed by atoms with Gasteiger partial charge in [0.05, 0.1) is 12.8 Å². The summed E-state index contributed by atoms with van der Waals surface area (Å²) in [6.45, 7) is 3.74. The maximum Gasteiger partial charge on any atom is 0.257 e. The molecule has 3 rings (SSSR count). The first-order valence-corrected chi connectivity index (χ1v) is 9.29. The summed E-state index contributed by atoms with van der Waals surface area (Å²) in [5.74, 6) is 0.925. The Morgan fingerprint density at radius 1 is 1.07 bits per heavy atom.